The van der Waals surface area contributed by atoms with Crippen molar-refractivity contribution in [3.05, 3.63) is 124 Å². The van der Waals surface area contributed by atoms with Crippen molar-refractivity contribution in [1.29, 1.82) is 0 Å². The molecule has 0 saturated carbocycles. The highest BCUT2D eigenvalue weighted by molar-refractivity contribution is 5.96. The third-order valence-corrected chi connectivity index (χ3v) is 5.90. The van der Waals surface area contributed by atoms with E-state index in [2.05, 4.69) is 5.32 Å². The first kappa shape index (κ1) is 22.2. The predicted octanol–water partition coefficient (Wildman–Crippen LogP) is 6.44. The molecule has 1 amide bonds. The second-order valence-corrected chi connectivity index (χ2v) is 8.16. The Hall–Kier alpha value is -4.65. The zero-order valence-electron chi connectivity index (χ0n) is 18.7. The summed E-state index contributed by atoms with van der Waals surface area (Å²) >= 11 is 0. The molecule has 7 nitrogen and oxygen atoms in total. The third-order valence-electron chi connectivity index (χ3n) is 5.90. The van der Waals surface area contributed by atoms with Crippen LogP contribution in [0.25, 0.3) is 0 Å². The average Bonchev–Trinajstić information content (AvgIpc) is 2.88. The van der Waals surface area contributed by atoms with E-state index in [9.17, 15) is 14.9 Å². The van der Waals surface area contributed by atoms with Gasteiger partial charge >= 0.3 is 0 Å². The smallest absolute Gasteiger partial charge is 0.296 e. The molecule has 1 N–H and O–H groups in total. The number of rotatable bonds is 7. The lowest BCUT2D eigenvalue weighted by Crippen LogP contribution is -2.20. The van der Waals surface area contributed by atoms with Gasteiger partial charge in [-0.15, -0.1) is 0 Å². The summed E-state index contributed by atoms with van der Waals surface area (Å²) in [6.45, 7) is 0.214. The van der Waals surface area contributed by atoms with Gasteiger partial charge in [0.1, 0.15) is 23.9 Å². The number of carbonyl (C=O) groups excluding carboxylic acids is 1. The first-order chi connectivity index (χ1) is 17.1. The van der Waals surface area contributed by atoms with Crippen LogP contribution < -0.4 is 14.8 Å². The summed E-state index contributed by atoms with van der Waals surface area (Å²) in [7, 11) is 0. The number of carbonyl (C=O) groups is 1. The first-order valence-corrected chi connectivity index (χ1v) is 11.2. The quantitative estimate of drug-likeness (QED) is 0.250. The Kier molecular flexibility index (Phi) is 6.13. The summed E-state index contributed by atoms with van der Waals surface area (Å²) in [5.74, 6) is 1.01. The van der Waals surface area contributed by atoms with E-state index in [0.29, 0.717) is 11.5 Å². The Morgan fingerprint density at radius 3 is 2.14 bits per heavy atom. The SMILES string of the molecule is O=C(CC1c2ccccc2Oc2ccccc21)Nc1c(OCc2ccccc2)cccc1[N+](=O)[O-]. The fraction of sp³-hybridized carbons (Fsp3) is 0.107. The Morgan fingerprint density at radius 2 is 1.49 bits per heavy atom. The number of nitro groups is 1. The van der Waals surface area contributed by atoms with E-state index < -0.39 is 4.92 Å². The van der Waals surface area contributed by atoms with E-state index in [4.69, 9.17) is 9.47 Å². The van der Waals surface area contributed by atoms with Gasteiger partial charge in [0.05, 0.1) is 4.92 Å². The fourth-order valence-corrected chi connectivity index (χ4v) is 4.26. The summed E-state index contributed by atoms with van der Waals surface area (Å²) in [4.78, 5) is 24.5. The molecule has 5 rings (SSSR count). The molecule has 0 unspecified atom stereocenters. The van der Waals surface area contributed by atoms with Crippen LogP contribution >= 0.6 is 0 Å². The monoisotopic (exact) mass is 466 g/mol. The number of fused-ring (bicyclic) bond motifs is 2. The van der Waals surface area contributed by atoms with Crippen molar-refractivity contribution in [2.75, 3.05) is 5.32 Å². The van der Waals surface area contributed by atoms with Gasteiger partial charge in [0.2, 0.25) is 5.91 Å². The predicted molar refractivity (Wildman–Crippen MR) is 132 cm³/mol. The Labute approximate surface area is 202 Å². The standard InChI is InChI=1S/C28H22N2O5/c31-27(17-22-20-11-4-6-14-24(20)35-25-15-7-5-12-21(22)25)29-28-23(30(32)33)13-8-16-26(28)34-18-19-9-2-1-3-10-19/h1-16,22H,17-18H2,(H,29,31). The number of hydrogen-bond donors (Lipinski definition) is 1. The molecule has 1 aliphatic heterocycles. The Bertz CT molecular complexity index is 1340. The first-order valence-electron chi connectivity index (χ1n) is 11.2. The maximum atomic E-state index is 13.3. The van der Waals surface area contributed by atoms with Crippen molar-refractivity contribution in [2.24, 2.45) is 0 Å². The van der Waals surface area contributed by atoms with Crippen LogP contribution in [0, 0.1) is 10.1 Å². The van der Waals surface area contributed by atoms with Gasteiger partial charge in [-0.2, -0.15) is 0 Å². The van der Waals surface area contributed by atoms with Crippen molar-refractivity contribution < 1.29 is 19.2 Å². The zero-order chi connectivity index (χ0) is 24.2. The van der Waals surface area contributed by atoms with Crippen molar-refractivity contribution in [3.8, 4) is 17.2 Å². The van der Waals surface area contributed by atoms with Crippen LogP contribution in [-0.4, -0.2) is 10.8 Å². The lowest BCUT2D eigenvalue weighted by atomic mass is 9.85. The van der Waals surface area contributed by atoms with Gasteiger partial charge in [0, 0.05) is 29.5 Å². The topological polar surface area (TPSA) is 90.7 Å². The molecule has 0 atom stereocenters. The molecule has 0 spiro atoms. The van der Waals surface area contributed by atoms with Crippen LogP contribution in [0.3, 0.4) is 0 Å². The van der Waals surface area contributed by atoms with E-state index >= 15 is 0 Å². The van der Waals surface area contributed by atoms with Crippen LogP contribution in [0.2, 0.25) is 0 Å². The molecule has 1 aliphatic rings. The van der Waals surface area contributed by atoms with Crippen molar-refractivity contribution in [3.63, 3.8) is 0 Å². The maximum absolute atomic E-state index is 13.3. The van der Waals surface area contributed by atoms with Gasteiger partial charge in [0.25, 0.3) is 5.69 Å². The Morgan fingerprint density at radius 1 is 0.857 bits per heavy atom. The second kappa shape index (κ2) is 9.69. The van der Waals surface area contributed by atoms with Crippen LogP contribution in [-0.2, 0) is 11.4 Å². The van der Waals surface area contributed by atoms with Gasteiger partial charge in [-0.05, 0) is 23.8 Å². The molecule has 4 aromatic rings. The highest BCUT2D eigenvalue weighted by atomic mass is 16.6. The van der Waals surface area contributed by atoms with Gasteiger partial charge in [0.15, 0.2) is 5.69 Å². The number of amides is 1. The van der Waals surface area contributed by atoms with E-state index in [-0.39, 0.29) is 42.0 Å². The summed E-state index contributed by atoms with van der Waals surface area (Å²) in [6.07, 6.45) is 0.0849. The van der Waals surface area contributed by atoms with E-state index in [1.54, 1.807) is 12.1 Å². The van der Waals surface area contributed by atoms with E-state index in [1.807, 2.05) is 78.9 Å². The fourth-order valence-electron chi connectivity index (χ4n) is 4.26. The van der Waals surface area contributed by atoms with Crippen LogP contribution in [0.5, 0.6) is 17.2 Å². The zero-order valence-corrected chi connectivity index (χ0v) is 18.7. The minimum absolute atomic E-state index is 0.0482. The molecular weight excluding hydrogens is 444 g/mol. The van der Waals surface area contributed by atoms with E-state index in [0.717, 1.165) is 16.7 Å². The van der Waals surface area contributed by atoms with Crippen LogP contribution in [0.15, 0.2) is 97.1 Å². The summed E-state index contributed by atoms with van der Waals surface area (Å²) in [5.41, 5.74) is 2.52. The van der Waals surface area contributed by atoms with Crippen LogP contribution in [0.4, 0.5) is 11.4 Å². The normalized spacial score (nSPS) is 12.1. The highest BCUT2D eigenvalue weighted by Gasteiger charge is 2.30. The molecule has 1 heterocycles. The summed E-state index contributed by atoms with van der Waals surface area (Å²) in [5, 5.41) is 14.5. The second-order valence-electron chi connectivity index (χ2n) is 8.16. The molecule has 0 fully saturated rings. The minimum atomic E-state index is -0.524. The lowest BCUT2D eigenvalue weighted by molar-refractivity contribution is -0.384. The number of nitro benzene ring substituents is 1. The van der Waals surface area contributed by atoms with Gasteiger partial charge in [-0.1, -0.05) is 72.8 Å². The number of nitrogens with zero attached hydrogens (tertiary/aromatic N) is 1. The van der Waals surface area contributed by atoms with Crippen molar-refractivity contribution >= 4 is 17.3 Å². The largest absolute Gasteiger partial charge is 0.486 e. The maximum Gasteiger partial charge on any atom is 0.296 e. The number of nitrogens with one attached hydrogen (secondary N) is 1. The lowest BCUT2D eigenvalue weighted by Gasteiger charge is -2.28. The van der Waals surface area contributed by atoms with Gasteiger partial charge < -0.3 is 14.8 Å². The third kappa shape index (κ3) is 4.70. The van der Waals surface area contributed by atoms with Crippen molar-refractivity contribution in [2.45, 2.75) is 18.9 Å². The van der Waals surface area contributed by atoms with Crippen molar-refractivity contribution in [1.82, 2.24) is 0 Å². The number of hydrogen-bond acceptors (Lipinski definition) is 5. The summed E-state index contributed by atoms with van der Waals surface area (Å²) < 4.78 is 11.9. The number of anilines is 1. The molecule has 7 heteroatoms. The van der Waals surface area contributed by atoms with E-state index in [1.165, 1.54) is 6.07 Å². The molecule has 0 saturated heterocycles. The molecule has 0 radical (unpaired) electrons. The number of para-hydroxylation sites is 3. The molecule has 0 bridgehead atoms. The molecule has 4 aromatic carbocycles. The summed E-state index contributed by atoms with van der Waals surface area (Å²) in [6, 6.07) is 29.1. The number of ether oxygens (including phenoxy) is 2. The highest BCUT2D eigenvalue weighted by Crippen LogP contribution is 2.45. The Balaban J connectivity index is 1.42. The molecule has 35 heavy (non-hydrogen) atoms. The minimum Gasteiger partial charge on any atom is -0.486 e. The van der Waals surface area contributed by atoms with Gasteiger partial charge in [-0.3, -0.25) is 14.9 Å². The molecule has 0 aromatic heterocycles. The molecular formula is C28H22N2O5. The van der Waals surface area contributed by atoms with Crippen LogP contribution in [0.1, 0.15) is 29.0 Å². The number of benzene rings is 4. The molecule has 0 aliphatic carbocycles. The average molecular weight is 466 g/mol. The molecule has 174 valence electrons. The van der Waals surface area contributed by atoms with Gasteiger partial charge in [-0.25, -0.2) is 0 Å².